The zero-order chi connectivity index (χ0) is 17.6. The third-order valence-electron chi connectivity index (χ3n) is 3.51. The molecule has 0 unspecified atom stereocenters. The molecule has 0 fully saturated rings. The van der Waals surface area contributed by atoms with E-state index in [9.17, 15) is 13.2 Å². The molecule has 128 valence electrons. The second-order valence-corrected chi connectivity index (χ2v) is 5.32. The van der Waals surface area contributed by atoms with Gasteiger partial charge in [-0.1, -0.05) is 18.7 Å². The number of aliphatic imine (C=N–C) groups is 1. The summed E-state index contributed by atoms with van der Waals surface area (Å²) in [6.07, 6.45) is 2.02. The summed E-state index contributed by atoms with van der Waals surface area (Å²) in [7, 11) is 0. The standard InChI is InChI=1S/C18H20F3N3/c1-3-10-23-17(14-8-11-22-12-9-14)13(2)24-16-6-4-15(5-7-16)18(19,20)21/h3-8,10,22,24H,2,9,11-12H2,1H3/b10-3-,23-17?. The molecule has 1 aliphatic heterocycles. The van der Waals surface area contributed by atoms with E-state index < -0.39 is 11.7 Å². The quantitative estimate of drug-likeness (QED) is 0.776. The van der Waals surface area contributed by atoms with Crippen LogP contribution in [0.15, 0.2) is 65.5 Å². The van der Waals surface area contributed by atoms with Crippen LogP contribution < -0.4 is 10.6 Å². The van der Waals surface area contributed by atoms with Gasteiger partial charge in [0.2, 0.25) is 0 Å². The molecule has 1 aromatic rings. The van der Waals surface area contributed by atoms with E-state index in [2.05, 4.69) is 22.2 Å². The second-order valence-electron chi connectivity index (χ2n) is 5.32. The highest BCUT2D eigenvalue weighted by Gasteiger charge is 2.30. The fourth-order valence-corrected chi connectivity index (χ4v) is 2.32. The molecule has 0 saturated carbocycles. The van der Waals surface area contributed by atoms with E-state index in [0.717, 1.165) is 42.9 Å². The number of alkyl halides is 3. The maximum Gasteiger partial charge on any atom is 0.416 e. The first-order valence-corrected chi connectivity index (χ1v) is 7.64. The van der Waals surface area contributed by atoms with Crippen LogP contribution in [0, 0.1) is 0 Å². The lowest BCUT2D eigenvalue weighted by Crippen LogP contribution is -2.25. The minimum absolute atomic E-state index is 0.538. The average Bonchev–Trinajstić information content (AvgIpc) is 2.56. The highest BCUT2D eigenvalue weighted by Crippen LogP contribution is 2.30. The van der Waals surface area contributed by atoms with Crippen LogP contribution >= 0.6 is 0 Å². The minimum atomic E-state index is -4.34. The van der Waals surface area contributed by atoms with Crippen LogP contribution in [0.4, 0.5) is 18.9 Å². The molecular formula is C18H20F3N3. The predicted octanol–water partition coefficient (Wildman–Crippen LogP) is 4.53. The number of halogens is 3. The first kappa shape index (κ1) is 18.0. The lowest BCUT2D eigenvalue weighted by Gasteiger charge is -2.19. The van der Waals surface area contributed by atoms with Crippen LogP contribution in [0.5, 0.6) is 0 Å². The molecule has 0 spiro atoms. The van der Waals surface area contributed by atoms with E-state index >= 15 is 0 Å². The SMILES string of the molecule is C=C(Nc1ccc(C(F)(F)F)cc1)C(=N/C=C\C)C1=CCNCC1. The van der Waals surface area contributed by atoms with Gasteiger partial charge in [-0.2, -0.15) is 13.2 Å². The number of nitrogens with zero attached hydrogens (tertiary/aromatic N) is 1. The number of allylic oxidation sites excluding steroid dienone is 2. The number of hydrogen-bond acceptors (Lipinski definition) is 3. The summed E-state index contributed by atoms with van der Waals surface area (Å²) < 4.78 is 37.8. The number of nitrogens with one attached hydrogen (secondary N) is 2. The Labute approximate surface area is 139 Å². The van der Waals surface area contributed by atoms with Crippen LogP contribution in [0.1, 0.15) is 18.9 Å². The average molecular weight is 335 g/mol. The van der Waals surface area contributed by atoms with E-state index in [1.165, 1.54) is 12.1 Å². The van der Waals surface area contributed by atoms with Gasteiger partial charge < -0.3 is 10.6 Å². The first-order valence-electron chi connectivity index (χ1n) is 7.64. The van der Waals surface area contributed by atoms with Crippen LogP contribution in [0.2, 0.25) is 0 Å². The van der Waals surface area contributed by atoms with Crippen molar-refractivity contribution < 1.29 is 13.2 Å². The molecule has 1 aliphatic rings. The van der Waals surface area contributed by atoms with Crippen molar-refractivity contribution in [2.75, 3.05) is 18.4 Å². The monoisotopic (exact) mass is 335 g/mol. The van der Waals surface area contributed by atoms with E-state index in [1.807, 2.05) is 19.1 Å². The Hall–Kier alpha value is -2.34. The van der Waals surface area contributed by atoms with Gasteiger partial charge in [-0.3, -0.25) is 4.99 Å². The Kier molecular flexibility index (Phi) is 5.98. The third-order valence-corrected chi connectivity index (χ3v) is 3.51. The molecule has 0 bridgehead atoms. The molecule has 0 atom stereocenters. The third kappa shape index (κ3) is 4.83. The van der Waals surface area contributed by atoms with Gasteiger partial charge in [-0.25, -0.2) is 0 Å². The summed E-state index contributed by atoms with van der Waals surface area (Å²) in [5.41, 5.74) is 2.20. The van der Waals surface area contributed by atoms with Crippen molar-refractivity contribution in [2.24, 2.45) is 4.99 Å². The van der Waals surface area contributed by atoms with Gasteiger partial charge in [0, 0.05) is 18.4 Å². The number of anilines is 1. The molecule has 3 nitrogen and oxygen atoms in total. The van der Waals surface area contributed by atoms with E-state index in [1.54, 1.807) is 6.20 Å². The summed E-state index contributed by atoms with van der Waals surface area (Å²) in [6.45, 7) is 7.47. The summed E-state index contributed by atoms with van der Waals surface area (Å²) >= 11 is 0. The van der Waals surface area contributed by atoms with Crippen LogP contribution in [0.3, 0.4) is 0 Å². The van der Waals surface area contributed by atoms with Gasteiger partial charge in [0.15, 0.2) is 0 Å². The Balaban J connectivity index is 2.17. The van der Waals surface area contributed by atoms with E-state index in [0.29, 0.717) is 11.4 Å². The summed E-state index contributed by atoms with van der Waals surface area (Å²) in [4.78, 5) is 4.42. The summed E-state index contributed by atoms with van der Waals surface area (Å²) in [5, 5.41) is 6.27. The van der Waals surface area contributed by atoms with Crippen molar-refractivity contribution >= 4 is 11.4 Å². The second kappa shape index (κ2) is 7.97. The zero-order valence-corrected chi connectivity index (χ0v) is 13.5. The molecule has 0 aliphatic carbocycles. The molecule has 24 heavy (non-hydrogen) atoms. The molecule has 6 heteroatoms. The van der Waals surface area contributed by atoms with Gasteiger partial charge in [-0.05, 0) is 49.7 Å². The van der Waals surface area contributed by atoms with Gasteiger partial charge >= 0.3 is 6.18 Å². The lowest BCUT2D eigenvalue weighted by molar-refractivity contribution is -0.137. The lowest BCUT2D eigenvalue weighted by atomic mass is 10.0. The van der Waals surface area contributed by atoms with Crippen LogP contribution in [-0.2, 0) is 6.18 Å². The smallest absolute Gasteiger partial charge is 0.354 e. The molecule has 1 aromatic carbocycles. The minimum Gasteiger partial charge on any atom is -0.354 e. The molecule has 0 saturated heterocycles. The highest BCUT2D eigenvalue weighted by molar-refractivity contribution is 6.14. The molecule has 0 radical (unpaired) electrons. The van der Waals surface area contributed by atoms with Gasteiger partial charge in [-0.15, -0.1) is 0 Å². The van der Waals surface area contributed by atoms with E-state index in [4.69, 9.17) is 0 Å². The Morgan fingerprint density at radius 1 is 1.29 bits per heavy atom. The summed E-state index contributed by atoms with van der Waals surface area (Å²) in [5.74, 6) is 0. The molecule has 1 heterocycles. The number of benzene rings is 1. The van der Waals surface area contributed by atoms with Crippen molar-refractivity contribution in [1.29, 1.82) is 0 Å². The van der Waals surface area contributed by atoms with Gasteiger partial charge in [0.25, 0.3) is 0 Å². The Morgan fingerprint density at radius 2 is 2.00 bits per heavy atom. The maximum absolute atomic E-state index is 12.6. The van der Waals surface area contributed by atoms with Crippen LogP contribution in [0.25, 0.3) is 0 Å². The fraction of sp³-hybridized carbons (Fsp3) is 0.278. The topological polar surface area (TPSA) is 36.4 Å². The number of rotatable bonds is 5. The maximum atomic E-state index is 12.6. The van der Waals surface area contributed by atoms with Crippen molar-refractivity contribution in [3.63, 3.8) is 0 Å². The summed E-state index contributed by atoms with van der Waals surface area (Å²) in [6, 6.07) is 4.86. The molecule has 2 rings (SSSR count). The van der Waals surface area contributed by atoms with Crippen molar-refractivity contribution in [3.05, 3.63) is 66.0 Å². The highest BCUT2D eigenvalue weighted by atomic mass is 19.4. The normalized spacial score (nSPS) is 16.2. The molecule has 0 amide bonds. The zero-order valence-electron chi connectivity index (χ0n) is 13.5. The van der Waals surface area contributed by atoms with Gasteiger partial charge in [0.1, 0.15) is 0 Å². The predicted molar refractivity (Wildman–Crippen MR) is 92.0 cm³/mol. The number of hydrogen-bond donors (Lipinski definition) is 2. The van der Waals surface area contributed by atoms with Crippen molar-refractivity contribution in [2.45, 2.75) is 19.5 Å². The fourth-order valence-electron chi connectivity index (χ4n) is 2.32. The van der Waals surface area contributed by atoms with Gasteiger partial charge in [0.05, 0.1) is 17.0 Å². The molecular weight excluding hydrogens is 315 g/mol. The van der Waals surface area contributed by atoms with Crippen LogP contribution in [-0.4, -0.2) is 18.8 Å². The van der Waals surface area contributed by atoms with Crippen molar-refractivity contribution in [3.8, 4) is 0 Å². The van der Waals surface area contributed by atoms with Crippen molar-refractivity contribution in [1.82, 2.24) is 5.32 Å². The largest absolute Gasteiger partial charge is 0.416 e. The Bertz CT molecular complexity index is 668. The molecule has 2 N–H and O–H groups in total. The first-order chi connectivity index (χ1) is 11.4. The van der Waals surface area contributed by atoms with E-state index in [-0.39, 0.29) is 0 Å². The Morgan fingerprint density at radius 3 is 2.54 bits per heavy atom. The molecule has 0 aromatic heterocycles.